The highest BCUT2D eigenvalue weighted by Crippen LogP contribution is 2.14. The molecular weight excluding hydrogens is 220 g/mol. The average Bonchev–Trinajstić information content (AvgIpc) is 2.87. The predicted octanol–water partition coefficient (Wildman–Crippen LogP) is 1.91. The quantitative estimate of drug-likeness (QED) is 0.630. The van der Waals surface area contributed by atoms with Crippen molar-refractivity contribution in [3.8, 4) is 0 Å². The van der Waals surface area contributed by atoms with E-state index < -0.39 is 0 Å². The zero-order valence-electron chi connectivity index (χ0n) is 9.85. The molecule has 1 aromatic heterocycles. The Hall–Kier alpha value is -1.78. The van der Waals surface area contributed by atoms with E-state index in [-0.39, 0.29) is 5.91 Å². The number of nitrogens with zero attached hydrogens (tertiary/aromatic N) is 2. The Kier molecular flexibility index (Phi) is 3.46. The van der Waals surface area contributed by atoms with E-state index in [1.54, 1.807) is 11.0 Å². The molecule has 0 spiro atoms. The third-order valence-corrected chi connectivity index (χ3v) is 2.99. The van der Waals surface area contributed by atoms with Gasteiger partial charge in [0.05, 0.1) is 5.71 Å². The van der Waals surface area contributed by atoms with Crippen LogP contribution in [0, 0.1) is 0 Å². The summed E-state index contributed by atoms with van der Waals surface area (Å²) >= 11 is 0. The van der Waals surface area contributed by atoms with Crippen molar-refractivity contribution in [3.05, 3.63) is 23.7 Å². The van der Waals surface area contributed by atoms with Crippen LogP contribution in [0.5, 0.6) is 0 Å². The molecule has 1 aromatic rings. The smallest absolute Gasteiger partial charge is 0.289 e. The molecule has 5 nitrogen and oxygen atoms in total. The largest absolute Gasteiger partial charge is 0.456 e. The monoisotopic (exact) mass is 236 g/mol. The molecule has 0 aromatic carbocycles. The third kappa shape index (κ3) is 2.49. The summed E-state index contributed by atoms with van der Waals surface area (Å²) in [7, 11) is 0. The maximum Gasteiger partial charge on any atom is 0.289 e. The summed E-state index contributed by atoms with van der Waals surface area (Å²) in [5.41, 5.74) is 0.753. The molecule has 0 saturated carbocycles. The molecule has 1 aliphatic heterocycles. The van der Waals surface area contributed by atoms with Gasteiger partial charge in [0, 0.05) is 32.4 Å². The van der Waals surface area contributed by atoms with Gasteiger partial charge in [0.25, 0.3) is 5.91 Å². The predicted molar refractivity (Wildman–Crippen MR) is 62.4 cm³/mol. The minimum absolute atomic E-state index is 0.0818. The zero-order chi connectivity index (χ0) is 12.3. The lowest BCUT2D eigenvalue weighted by Crippen LogP contribution is -2.38. The van der Waals surface area contributed by atoms with Gasteiger partial charge < -0.3 is 14.5 Å². The average molecular weight is 236 g/mol. The molecule has 0 aliphatic carbocycles. The first-order valence-electron chi connectivity index (χ1n) is 5.82. The topological polar surface area (TPSA) is 66.0 Å². The fourth-order valence-electron chi connectivity index (χ4n) is 1.91. The summed E-state index contributed by atoms with van der Waals surface area (Å²) in [4.78, 5) is 13.8. The van der Waals surface area contributed by atoms with E-state index >= 15 is 0 Å². The highest BCUT2D eigenvalue weighted by Gasteiger charge is 2.23. The second kappa shape index (κ2) is 5.03. The van der Waals surface area contributed by atoms with Crippen molar-refractivity contribution in [2.75, 3.05) is 13.1 Å². The first kappa shape index (κ1) is 11.7. The molecular formula is C12H16N2O3. The molecule has 1 saturated heterocycles. The van der Waals surface area contributed by atoms with E-state index in [9.17, 15) is 4.79 Å². The number of furan rings is 1. The Bertz CT molecular complexity index is 427. The summed E-state index contributed by atoms with van der Waals surface area (Å²) in [5.74, 6) is 1.14. The number of piperidine rings is 1. The Morgan fingerprint density at radius 3 is 2.71 bits per heavy atom. The van der Waals surface area contributed by atoms with Gasteiger partial charge in [0.15, 0.2) is 5.76 Å². The molecule has 92 valence electrons. The van der Waals surface area contributed by atoms with Crippen molar-refractivity contribution < 1.29 is 14.4 Å². The van der Waals surface area contributed by atoms with Crippen molar-refractivity contribution in [2.24, 2.45) is 5.16 Å². The number of rotatable bonds is 2. The van der Waals surface area contributed by atoms with Gasteiger partial charge >= 0.3 is 0 Å². The summed E-state index contributed by atoms with van der Waals surface area (Å²) in [6.45, 7) is 3.15. The lowest BCUT2D eigenvalue weighted by Gasteiger charge is -2.26. The lowest BCUT2D eigenvalue weighted by molar-refractivity contribution is 0.0720. The molecule has 0 atom stereocenters. The highest BCUT2D eigenvalue weighted by molar-refractivity contribution is 5.93. The number of hydrogen-bond donors (Lipinski definition) is 1. The fourth-order valence-corrected chi connectivity index (χ4v) is 1.91. The van der Waals surface area contributed by atoms with Gasteiger partial charge in [-0.15, -0.1) is 0 Å². The Balaban J connectivity index is 2.01. The Labute approximate surface area is 99.7 Å². The summed E-state index contributed by atoms with van der Waals surface area (Å²) in [5, 5.41) is 11.8. The number of aryl methyl sites for hydroxylation is 1. The molecule has 0 unspecified atom stereocenters. The Morgan fingerprint density at radius 2 is 2.18 bits per heavy atom. The number of carbonyl (C=O) groups is 1. The molecule has 1 aliphatic rings. The van der Waals surface area contributed by atoms with Crippen molar-refractivity contribution >= 4 is 11.6 Å². The minimum atomic E-state index is -0.0818. The third-order valence-electron chi connectivity index (χ3n) is 2.99. The van der Waals surface area contributed by atoms with Gasteiger partial charge in [-0.3, -0.25) is 4.79 Å². The van der Waals surface area contributed by atoms with Crippen LogP contribution in [-0.4, -0.2) is 34.8 Å². The summed E-state index contributed by atoms with van der Waals surface area (Å²) < 4.78 is 5.43. The number of oxime groups is 1. The summed E-state index contributed by atoms with van der Waals surface area (Å²) in [6, 6.07) is 3.55. The fraction of sp³-hybridized carbons (Fsp3) is 0.500. The zero-order valence-corrected chi connectivity index (χ0v) is 9.85. The van der Waals surface area contributed by atoms with Crippen LogP contribution in [-0.2, 0) is 6.42 Å². The van der Waals surface area contributed by atoms with Crippen molar-refractivity contribution in [1.82, 2.24) is 4.90 Å². The standard InChI is InChI=1S/C12H16N2O3/c1-2-10-3-4-11(17-10)12(15)14-7-5-9(13-16)6-8-14/h3-4,16H,2,5-8H2,1H3. The molecule has 1 amide bonds. The summed E-state index contributed by atoms with van der Waals surface area (Å²) in [6.07, 6.45) is 2.04. The molecule has 1 fully saturated rings. The number of likely N-dealkylation sites (tertiary alicyclic amines) is 1. The van der Waals surface area contributed by atoms with Crippen LogP contribution in [0.4, 0.5) is 0 Å². The van der Waals surface area contributed by atoms with Crippen LogP contribution >= 0.6 is 0 Å². The van der Waals surface area contributed by atoms with E-state index in [0.29, 0.717) is 31.7 Å². The van der Waals surface area contributed by atoms with Crippen LogP contribution in [0.15, 0.2) is 21.7 Å². The van der Waals surface area contributed by atoms with Gasteiger partial charge in [-0.25, -0.2) is 0 Å². The van der Waals surface area contributed by atoms with E-state index in [2.05, 4.69) is 5.16 Å². The molecule has 0 bridgehead atoms. The van der Waals surface area contributed by atoms with Crippen molar-refractivity contribution in [2.45, 2.75) is 26.2 Å². The maximum absolute atomic E-state index is 12.1. The van der Waals surface area contributed by atoms with E-state index in [0.717, 1.165) is 17.9 Å². The van der Waals surface area contributed by atoms with Gasteiger partial charge in [-0.05, 0) is 12.1 Å². The van der Waals surface area contributed by atoms with Crippen molar-refractivity contribution in [3.63, 3.8) is 0 Å². The van der Waals surface area contributed by atoms with Gasteiger partial charge in [-0.1, -0.05) is 12.1 Å². The van der Waals surface area contributed by atoms with Gasteiger partial charge in [-0.2, -0.15) is 0 Å². The molecule has 2 heterocycles. The van der Waals surface area contributed by atoms with Crippen LogP contribution in [0.2, 0.25) is 0 Å². The minimum Gasteiger partial charge on any atom is -0.456 e. The number of carbonyl (C=O) groups excluding carboxylic acids is 1. The second-order valence-corrected chi connectivity index (χ2v) is 4.08. The molecule has 0 radical (unpaired) electrons. The van der Waals surface area contributed by atoms with Gasteiger partial charge in [0.1, 0.15) is 5.76 Å². The van der Waals surface area contributed by atoms with Crippen LogP contribution < -0.4 is 0 Å². The van der Waals surface area contributed by atoms with Crippen LogP contribution in [0.1, 0.15) is 36.1 Å². The molecule has 1 N–H and O–H groups in total. The Morgan fingerprint density at radius 1 is 1.47 bits per heavy atom. The molecule has 2 rings (SSSR count). The van der Waals surface area contributed by atoms with E-state index in [1.165, 1.54) is 0 Å². The SMILES string of the molecule is CCc1ccc(C(=O)N2CCC(=NO)CC2)o1. The highest BCUT2D eigenvalue weighted by atomic mass is 16.4. The number of amides is 1. The van der Waals surface area contributed by atoms with Crippen LogP contribution in [0.3, 0.4) is 0 Å². The lowest BCUT2D eigenvalue weighted by atomic mass is 10.1. The van der Waals surface area contributed by atoms with Gasteiger partial charge in [0.2, 0.25) is 0 Å². The van der Waals surface area contributed by atoms with E-state index in [4.69, 9.17) is 9.62 Å². The number of hydrogen-bond acceptors (Lipinski definition) is 4. The normalized spacial score (nSPS) is 16.1. The molecule has 5 heteroatoms. The maximum atomic E-state index is 12.1. The second-order valence-electron chi connectivity index (χ2n) is 4.08. The molecule has 17 heavy (non-hydrogen) atoms. The van der Waals surface area contributed by atoms with E-state index in [1.807, 2.05) is 13.0 Å². The van der Waals surface area contributed by atoms with Crippen LogP contribution in [0.25, 0.3) is 0 Å². The first-order chi connectivity index (χ1) is 8.24. The van der Waals surface area contributed by atoms with Crippen molar-refractivity contribution in [1.29, 1.82) is 0 Å². The first-order valence-corrected chi connectivity index (χ1v) is 5.82.